The molecule has 0 aromatic heterocycles. The highest BCUT2D eigenvalue weighted by Crippen LogP contribution is 2.17. The van der Waals surface area contributed by atoms with Crippen LogP contribution < -0.4 is 5.32 Å². The first kappa shape index (κ1) is 56.9. The van der Waals surface area contributed by atoms with Gasteiger partial charge in [-0.05, 0) is 25.7 Å². The first-order chi connectivity index (χ1) is 28.5. The number of aliphatic hydroxyl groups is 2. The van der Waals surface area contributed by atoms with E-state index >= 15 is 0 Å². The van der Waals surface area contributed by atoms with Crippen LogP contribution in [0, 0.1) is 0 Å². The Balaban J connectivity index is 3.40. The quantitative estimate of drug-likeness (QED) is 0.0420. The Labute approximate surface area is 362 Å². The second-order valence-electron chi connectivity index (χ2n) is 18.2. The van der Waals surface area contributed by atoms with Crippen LogP contribution >= 0.6 is 0 Å². The van der Waals surface area contributed by atoms with E-state index in [-0.39, 0.29) is 18.5 Å². The molecule has 346 valence electrons. The molecule has 0 spiro atoms. The van der Waals surface area contributed by atoms with Gasteiger partial charge >= 0.3 is 5.97 Å². The van der Waals surface area contributed by atoms with Gasteiger partial charge in [-0.25, -0.2) is 0 Å². The number of aliphatic hydroxyl groups excluding tert-OH is 2. The van der Waals surface area contributed by atoms with Gasteiger partial charge in [0, 0.05) is 12.8 Å². The van der Waals surface area contributed by atoms with Crippen LogP contribution in [0.1, 0.15) is 296 Å². The Bertz CT molecular complexity index is 822. The van der Waals surface area contributed by atoms with Gasteiger partial charge in [0.25, 0.3) is 0 Å². The minimum Gasteiger partial charge on any atom is -0.466 e. The van der Waals surface area contributed by atoms with Crippen LogP contribution in [0.3, 0.4) is 0 Å². The fourth-order valence-corrected chi connectivity index (χ4v) is 8.35. The normalized spacial score (nSPS) is 12.6. The average Bonchev–Trinajstić information content (AvgIpc) is 3.22. The standard InChI is InChI=1S/C52H103NO5/c1-3-5-7-9-11-13-15-21-25-28-32-36-40-44-50(55)49(48-54)53-51(56)45-41-37-33-29-26-22-19-17-16-18-20-23-27-31-35-39-43-47-58-52(57)46-42-38-34-30-24-14-12-10-8-6-4-2/h49-50,54-55H,3-48H2,1-2H3,(H,53,56). The molecule has 6 heteroatoms. The lowest BCUT2D eigenvalue weighted by Crippen LogP contribution is -2.45. The number of hydrogen-bond donors (Lipinski definition) is 3. The summed E-state index contributed by atoms with van der Waals surface area (Å²) < 4.78 is 5.45. The maximum atomic E-state index is 12.4. The third-order valence-corrected chi connectivity index (χ3v) is 12.4. The van der Waals surface area contributed by atoms with Crippen LogP contribution in [-0.4, -0.2) is 47.4 Å². The van der Waals surface area contributed by atoms with E-state index in [9.17, 15) is 19.8 Å². The summed E-state index contributed by atoms with van der Waals surface area (Å²) in [6.45, 7) is 4.95. The second kappa shape index (κ2) is 48.5. The summed E-state index contributed by atoms with van der Waals surface area (Å²) in [7, 11) is 0. The lowest BCUT2D eigenvalue weighted by atomic mass is 10.0. The maximum absolute atomic E-state index is 12.4. The fourth-order valence-electron chi connectivity index (χ4n) is 8.35. The molecule has 58 heavy (non-hydrogen) atoms. The molecule has 0 rings (SSSR count). The minimum absolute atomic E-state index is 0.00553. The van der Waals surface area contributed by atoms with Crippen molar-refractivity contribution in [2.75, 3.05) is 13.2 Å². The number of hydrogen-bond acceptors (Lipinski definition) is 5. The topological polar surface area (TPSA) is 95.9 Å². The lowest BCUT2D eigenvalue weighted by Gasteiger charge is -2.22. The summed E-state index contributed by atoms with van der Waals surface area (Å²) in [5.74, 6) is -0.0335. The molecule has 0 aliphatic rings. The Hall–Kier alpha value is -1.14. The summed E-state index contributed by atoms with van der Waals surface area (Å²) in [6.07, 6.45) is 53.6. The molecule has 0 saturated carbocycles. The zero-order chi connectivity index (χ0) is 42.3. The van der Waals surface area contributed by atoms with E-state index < -0.39 is 12.1 Å². The summed E-state index contributed by atoms with van der Waals surface area (Å²) in [5, 5.41) is 23.2. The first-order valence-electron chi connectivity index (χ1n) is 26.3. The molecule has 0 aromatic carbocycles. The van der Waals surface area contributed by atoms with Gasteiger partial charge in [-0.1, -0.05) is 258 Å². The molecule has 0 aromatic rings. The Kier molecular flexibility index (Phi) is 47.6. The SMILES string of the molecule is CCCCCCCCCCCCCCCC(O)C(CO)NC(=O)CCCCCCCCCCCCCCCCCCCOC(=O)CCCCCCCCCCCCC. The van der Waals surface area contributed by atoms with Crippen molar-refractivity contribution >= 4 is 11.9 Å². The van der Waals surface area contributed by atoms with Crippen molar-refractivity contribution in [2.45, 2.75) is 309 Å². The van der Waals surface area contributed by atoms with E-state index in [0.717, 1.165) is 38.5 Å². The molecule has 0 heterocycles. The van der Waals surface area contributed by atoms with Gasteiger partial charge in [0.15, 0.2) is 0 Å². The number of amides is 1. The number of ether oxygens (including phenoxy) is 1. The van der Waals surface area contributed by atoms with Crippen LogP contribution in [0.2, 0.25) is 0 Å². The van der Waals surface area contributed by atoms with Crippen LogP contribution in [0.4, 0.5) is 0 Å². The van der Waals surface area contributed by atoms with Crippen molar-refractivity contribution in [1.29, 1.82) is 0 Å². The molecule has 0 saturated heterocycles. The molecular formula is C52H103NO5. The van der Waals surface area contributed by atoms with Crippen molar-refractivity contribution in [3.63, 3.8) is 0 Å². The van der Waals surface area contributed by atoms with Crippen molar-refractivity contribution in [3.05, 3.63) is 0 Å². The molecule has 0 fully saturated rings. The number of unbranched alkanes of at least 4 members (excludes halogenated alkanes) is 38. The predicted molar refractivity (Wildman–Crippen MR) is 250 cm³/mol. The molecule has 0 bridgehead atoms. The smallest absolute Gasteiger partial charge is 0.305 e. The van der Waals surface area contributed by atoms with Gasteiger partial charge < -0.3 is 20.3 Å². The molecule has 1 amide bonds. The van der Waals surface area contributed by atoms with Gasteiger partial charge in [0.05, 0.1) is 25.4 Å². The lowest BCUT2D eigenvalue weighted by molar-refractivity contribution is -0.143. The third kappa shape index (κ3) is 44.4. The Morgan fingerprint density at radius 1 is 0.414 bits per heavy atom. The van der Waals surface area contributed by atoms with Crippen LogP contribution in [0.5, 0.6) is 0 Å². The van der Waals surface area contributed by atoms with E-state index in [0.29, 0.717) is 25.9 Å². The first-order valence-corrected chi connectivity index (χ1v) is 26.3. The molecule has 3 N–H and O–H groups in total. The van der Waals surface area contributed by atoms with Crippen molar-refractivity contribution in [3.8, 4) is 0 Å². The Morgan fingerprint density at radius 2 is 0.707 bits per heavy atom. The highest BCUT2D eigenvalue weighted by atomic mass is 16.5. The number of rotatable bonds is 49. The molecule has 2 atom stereocenters. The van der Waals surface area contributed by atoms with Crippen LogP contribution in [0.25, 0.3) is 0 Å². The molecule has 6 nitrogen and oxygen atoms in total. The fraction of sp³-hybridized carbons (Fsp3) is 0.962. The van der Waals surface area contributed by atoms with Crippen molar-refractivity contribution in [1.82, 2.24) is 5.32 Å². The number of nitrogens with one attached hydrogen (secondary N) is 1. The van der Waals surface area contributed by atoms with E-state index in [1.165, 1.54) is 225 Å². The Morgan fingerprint density at radius 3 is 1.05 bits per heavy atom. The van der Waals surface area contributed by atoms with E-state index in [1.54, 1.807) is 0 Å². The summed E-state index contributed by atoms with van der Waals surface area (Å²) in [5.41, 5.74) is 0. The monoisotopic (exact) mass is 822 g/mol. The van der Waals surface area contributed by atoms with Gasteiger partial charge in [-0.15, -0.1) is 0 Å². The zero-order valence-corrected chi connectivity index (χ0v) is 39.3. The molecule has 0 aliphatic carbocycles. The van der Waals surface area contributed by atoms with Crippen LogP contribution in [-0.2, 0) is 14.3 Å². The highest BCUT2D eigenvalue weighted by Gasteiger charge is 2.20. The second-order valence-corrected chi connectivity index (χ2v) is 18.2. The number of esters is 1. The van der Waals surface area contributed by atoms with Crippen LogP contribution in [0.15, 0.2) is 0 Å². The molecular weight excluding hydrogens is 719 g/mol. The molecule has 0 radical (unpaired) electrons. The zero-order valence-electron chi connectivity index (χ0n) is 39.3. The van der Waals surface area contributed by atoms with Gasteiger partial charge in [-0.2, -0.15) is 0 Å². The highest BCUT2D eigenvalue weighted by molar-refractivity contribution is 5.76. The number of carbonyl (C=O) groups is 2. The third-order valence-electron chi connectivity index (χ3n) is 12.4. The summed E-state index contributed by atoms with van der Waals surface area (Å²) in [4.78, 5) is 24.4. The average molecular weight is 822 g/mol. The van der Waals surface area contributed by atoms with E-state index in [4.69, 9.17) is 4.74 Å². The number of carbonyl (C=O) groups excluding carboxylic acids is 2. The largest absolute Gasteiger partial charge is 0.466 e. The molecule has 0 aliphatic heterocycles. The van der Waals surface area contributed by atoms with Gasteiger partial charge in [-0.3, -0.25) is 9.59 Å². The summed E-state index contributed by atoms with van der Waals surface area (Å²) >= 11 is 0. The molecule has 2 unspecified atom stereocenters. The summed E-state index contributed by atoms with van der Waals surface area (Å²) in [6, 6.07) is -0.543. The van der Waals surface area contributed by atoms with E-state index in [1.807, 2.05) is 0 Å². The van der Waals surface area contributed by atoms with Crippen molar-refractivity contribution in [2.24, 2.45) is 0 Å². The minimum atomic E-state index is -0.665. The van der Waals surface area contributed by atoms with Gasteiger partial charge in [0.2, 0.25) is 5.91 Å². The van der Waals surface area contributed by atoms with Crippen molar-refractivity contribution < 1.29 is 24.5 Å². The maximum Gasteiger partial charge on any atom is 0.305 e. The predicted octanol–water partition coefficient (Wildman–Crippen LogP) is 15.6. The van der Waals surface area contributed by atoms with Gasteiger partial charge in [0.1, 0.15) is 0 Å². The van der Waals surface area contributed by atoms with E-state index in [2.05, 4.69) is 19.2 Å².